The number of rotatable bonds is 3. The van der Waals surface area contributed by atoms with E-state index < -0.39 is 0 Å². The Morgan fingerprint density at radius 3 is 2.52 bits per heavy atom. The molecule has 0 unspecified atom stereocenters. The van der Waals surface area contributed by atoms with E-state index in [2.05, 4.69) is 67.2 Å². The molecule has 1 aliphatic rings. The number of hydrogen-bond donors (Lipinski definition) is 2. The van der Waals surface area contributed by atoms with Gasteiger partial charge in [0.2, 0.25) is 0 Å². The lowest BCUT2D eigenvalue weighted by molar-refractivity contribution is 0.230. The zero-order valence-electron chi connectivity index (χ0n) is 14.7. The first-order chi connectivity index (χ1) is 10.9. The molecule has 0 amide bonds. The topological polar surface area (TPSA) is 44.0 Å². The van der Waals surface area contributed by atoms with Crippen LogP contribution in [0.2, 0.25) is 0 Å². The summed E-state index contributed by atoms with van der Waals surface area (Å²) in [6.45, 7) is 14.2. The summed E-state index contributed by atoms with van der Waals surface area (Å²) in [6.07, 6.45) is 0. The van der Waals surface area contributed by atoms with Gasteiger partial charge in [0.05, 0.1) is 5.69 Å². The molecule has 2 N–H and O–H groups in total. The third kappa shape index (κ3) is 3.65. The fraction of sp³-hybridized carbons (Fsp3) is 0.526. The molecule has 1 fully saturated rings. The standard InChI is InChI=1S/C19H28N4/c1-14-17(13-23-11-9-20-10-12-23)22-18(21-14)15-7-5-6-8-16(15)19(2,3)4/h5-8,20H,9-13H2,1-4H3,(H,21,22). The van der Waals surface area contributed by atoms with Crippen LogP contribution >= 0.6 is 0 Å². The highest BCUT2D eigenvalue weighted by atomic mass is 15.2. The lowest BCUT2D eigenvalue weighted by Crippen LogP contribution is -2.43. The number of aromatic amines is 1. The van der Waals surface area contributed by atoms with E-state index in [0.717, 1.165) is 38.5 Å². The van der Waals surface area contributed by atoms with Crippen molar-refractivity contribution in [2.24, 2.45) is 0 Å². The largest absolute Gasteiger partial charge is 0.342 e. The zero-order valence-corrected chi connectivity index (χ0v) is 14.7. The van der Waals surface area contributed by atoms with Gasteiger partial charge in [-0.15, -0.1) is 0 Å². The fourth-order valence-electron chi connectivity index (χ4n) is 3.20. The van der Waals surface area contributed by atoms with Gasteiger partial charge in [0.25, 0.3) is 0 Å². The quantitative estimate of drug-likeness (QED) is 0.915. The van der Waals surface area contributed by atoms with Crippen LogP contribution in [0, 0.1) is 6.92 Å². The van der Waals surface area contributed by atoms with E-state index in [1.807, 2.05) is 0 Å². The summed E-state index contributed by atoms with van der Waals surface area (Å²) in [4.78, 5) is 10.9. The van der Waals surface area contributed by atoms with Gasteiger partial charge in [0.15, 0.2) is 0 Å². The predicted molar refractivity (Wildman–Crippen MR) is 95.6 cm³/mol. The van der Waals surface area contributed by atoms with E-state index in [9.17, 15) is 0 Å². The first-order valence-electron chi connectivity index (χ1n) is 8.53. The molecular formula is C19H28N4. The van der Waals surface area contributed by atoms with Crippen molar-refractivity contribution < 1.29 is 0 Å². The molecule has 4 heteroatoms. The molecule has 0 saturated carbocycles. The molecule has 23 heavy (non-hydrogen) atoms. The van der Waals surface area contributed by atoms with Crippen molar-refractivity contribution >= 4 is 0 Å². The highest BCUT2D eigenvalue weighted by Gasteiger charge is 2.21. The Kier molecular flexibility index (Phi) is 4.55. The molecule has 4 nitrogen and oxygen atoms in total. The Bertz CT molecular complexity index is 660. The van der Waals surface area contributed by atoms with Crippen molar-refractivity contribution in [2.75, 3.05) is 26.2 Å². The number of nitrogens with one attached hydrogen (secondary N) is 2. The van der Waals surface area contributed by atoms with Gasteiger partial charge in [-0.1, -0.05) is 45.0 Å². The summed E-state index contributed by atoms with van der Waals surface area (Å²) in [6, 6.07) is 8.59. The summed E-state index contributed by atoms with van der Waals surface area (Å²) in [5.74, 6) is 0.998. The first kappa shape index (κ1) is 16.2. The van der Waals surface area contributed by atoms with Crippen molar-refractivity contribution in [2.45, 2.75) is 39.7 Å². The maximum atomic E-state index is 4.93. The first-order valence-corrected chi connectivity index (χ1v) is 8.53. The van der Waals surface area contributed by atoms with Crippen LogP contribution in [0.1, 0.15) is 37.7 Å². The van der Waals surface area contributed by atoms with Crippen LogP contribution < -0.4 is 5.32 Å². The minimum Gasteiger partial charge on any atom is -0.342 e. The number of nitrogens with zero attached hydrogens (tertiary/aromatic N) is 2. The minimum atomic E-state index is 0.107. The minimum absolute atomic E-state index is 0.107. The Hall–Kier alpha value is -1.65. The fourth-order valence-corrected chi connectivity index (χ4v) is 3.20. The summed E-state index contributed by atoms with van der Waals surface area (Å²) in [5.41, 5.74) is 5.01. The van der Waals surface area contributed by atoms with Crippen LogP contribution in [0.4, 0.5) is 0 Å². The van der Waals surface area contributed by atoms with E-state index in [-0.39, 0.29) is 5.41 Å². The van der Waals surface area contributed by atoms with Crippen LogP contribution in [0.3, 0.4) is 0 Å². The molecule has 124 valence electrons. The zero-order chi connectivity index (χ0) is 16.4. The number of aromatic nitrogens is 2. The van der Waals surface area contributed by atoms with Gasteiger partial charge in [-0.3, -0.25) is 4.90 Å². The Morgan fingerprint density at radius 1 is 1.13 bits per heavy atom. The molecule has 0 radical (unpaired) electrons. The van der Waals surface area contributed by atoms with Crippen LogP contribution in [0.5, 0.6) is 0 Å². The Morgan fingerprint density at radius 2 is 1.83 bits per heavy atom. The summed E-state index contributed by atoms with van der Waals surface area (Å²) >= 11 is 0. The average molecular weight is 312 g/mol. The van der Waals surface area contributed by atoms with Gasteiger partial charge < -0.3 is 10.3 Å². The molecule has 1 aliphatic heterocycles. The van der Waals surface area contributed by atoms with E-state index >= 15 is 0 Å². The van der Waals surface area contributed by atoms with Crippen molar-refractivity contribution in [1.82, 2.24) is 20.2 Å². The van der Waals surface area contributed by atoms with Gasteiger partial charge in [0.1, 0.15) is 5.82 Å². The second kappa shape index (κ2) is 6.46. The van der Waals surface area contributed by atoms with Crippen LogP contribution in [-0.2, 0) is 12.0 Å². The molecule has 0 atom stereocenters. The van der Waals surface area contributed by atoms with Crippen molar-refractivity contribution in [3.05, 3.63) is 41.2 Å². The lowest BCUT2D eigenvalue weighted by atomic mass is 9.83. The molecule has 1 saturated heterocycles. The maximum absolute atomic E-state index is 4.93. The highest BCUT2D eigenvalue weighted by molar-refractivity contribution is 5.62. The van der Waals surface area contributed by atoms with Gasteiger partial charge in [-0.05, 0) is 17.9 Å². The molecule has 2 aromatic rings. The number of aryl methyl sites for hydroxylation is 1. The predicted octanol–water partition coefficient (Wildman–Crippen LogP) is 3.09. The van der Waals surface area contributed by atoms with Crippen molar-refractivity contribution in [3.8, 4) is 11.4 Å². The molecule has 3 rings (SSSR count). The maximum Gasteiger partial charge on any atom is 0.138 e. The molecule has 0 spiro atoms. The van der Waals surface area contributed by atoms with Gasteiger partial charge in [-0.25, -0.2) is 4.98 Å². The SMILES string of the molecule is Cc1[nH]c(-c2ccccc2C(C)(C)C)nc1CN1CCNCC1. The lowest BCUT2D eigenvalue weighted by Gasteiger charge is -2.26. The number of benzene rings is 1. The monoisotopic (exact) mass is 312 g/mol. The second-order valence-electron chi connectivity index (χ2n) is 7.48. The Balaban J connectivity index is 1.89. The number of hydrogen-bond acceptors (Lipinski definition) is 3. The molecule has 0 aliphatic carbocycles. The number of H-pyrrole nitrogens is 1. The van der Waals surface area contributed by atoms with E-state index in [0.29, 0.717) is 0 Å². The highest BCUT2D eigenvalue weighted by Crippen LogP contribution is 2.32. The Labute approximate surface area is 139 Å². The van der Waals surface area contributed by atoms with Crippen LogP contribution in [0.25, 0.3) is 11.4 Å². The van der Waals surface area contributed by atoms with Crippen molar-refractivity contribution in [1.29, 1.82) is 0 Å². The van der Waals surface area contributed by atoms with Crippen LogP contribution in [-0.4, -0.2) is 41.0 Å². The third-order valence-corrected chi connectivity index (χ3v) is 4.56. The van der Waals surface area contributed by atoms with E-state index in [1.165, 1.54) is 22.5 Å². The van der Waals surface area contributed by atoms with Crippen LogP contribution in [0.15, 0.2) is 24.3 Å². The molecule has 2 heterocycles. The van der Waals surface area contributed by atoms with Gasteiger partial charge in [0, 0.05) is 44.0 Å². The summed E-state index contributed by atoms with van der Waals surface area (Å²) in [5, 5.41) is 3.40. The van der Waals surface area contributed by atoms with Gasteiger partial charge >= 0.3 is 0 Å². The molecular weight excluding hydrogens is 284 g/mol. The second-order valence-corrected chi connectivity index (χ2v) is 7.48. The van der Waals surface area contributed by atoms with E-state index in [4.69, 9.17) is 4.98 Å². The molecule has 0 bridgehead atoms. The summed E-state index contributed by atoms with van der Waals surface area (Å²) < 4.78 is 0. The third-order valence-electron chi connectivity index (χ3n) is 4.56. The smallest absolute Gasteiger partial charge is 0.138 e. The van der Waals surface area contributed by atoms with Crippen molar-refractivity contribution in [3.63, 3.8) is 0 Å². The number of imidazole rings is 1. The van der Waals surface area contributed by atoms with E-state index in [1.54, 1.807) is 0 Å². The number of piperazine rings is 1. The molecule has 1 aromatic carbocycles. The normalized spacial score (nSPS) is 16.7. The van der Waals surface area contributed by atoms with Gasteiger partial charge in [-0.2, -0.15) is 0 Å². The summed E-state index contributed by atoms with van der Waals surface area (Å²) in [7, 11) is 0. The molecule has 1 aromatic heterocycles. The average Bonchev–Trinajstić information content (AvgIpc) is 2.88.